The molecule has 0 aliphatic heterocycles. The third-order valence-corrected chi connectivity index (χ3v) is 4.94. The van der Waals surface area contributed by atoms with Gasteiger partial charge < -0.3 is 0 Å². The molecule has 0 bridgehead atoms. The van der Waals surface area contributed by atoms with Gasteiger partial charge in [0.1, 0.15) is 0 Å². The molecule has 2 aromatic carbocycles. The van der Waals surface area contributed by atoms with Gasteiger partial charge in [0.05, 0.1) is 11.4 Å². The van der Waals surface area contributed by atoms with Gasteiger partial charge in [0, 0.05) is 11.6 Å². The van der Waals surface area contributed by atoms with E-state index >= 15 is 0 Å². The van der Waals surface area contributed by atoms with Gasteiger partial charge in [-0.15, -0.1) is 0 Å². The fourth-order valence-electron chi connectivity index (χ4n) is 3.62. The van der Waals surface area contributed by atoms with Crippen LogP contribution in [0.2, 0.25) is 0 Å². The van der Waals surface area contributed by atoms with Gasteiger partial charge in [0.2, 0.25) is 0 Å². The molecule has 4 heteroatoms. The second kappa shape index (κ2) is 5.45. The van der Waals surface area contributed by atoms with Gasteiger partial charge in [-0.2, -0.15) is 0 Å². The fourth-order valence-corrected chi connectivity index (χ4v) is 3.62. The van der Waals surface area contributed by atoms with Crippen LogP contribution in [0.3, 0.4) is 0 Å². The molecular formula is C21H17N3O. The van der Waals surface area contributed by atoms with Gasteiger partial charge >= 0.3 is 0 Å². The van der Waals surface area contributed by atoms with Crippen molar-refractivity contribution in [2.75, 3.05) is 0 Å². The number of aryl methyl sites for hydroxylation is 1. The van der Waals surface area contributed by atoms with Gasteiger partial charge in [-0.1, -0.05) is 54.6 Å². The maximum Gasteiger partial charge on any atom is 0.276 e. The van der Waals surface area contributed by atoms with E-state index in [1.807, 2.05) is 24.3 Å². The third-order valence-electron chi connectivity index (χ3n) is 4.94. The highest BCUT2D eigenvalue weighted by Crippen LogP contribution is 2.25. The summed E-state index contributed by atoms with van der Waals surface area (Å²) >= 11 is 0. The summed E-state index contributed by atoms with van der Waals surface area (Å²) in [6.07, 6.45) is 2.77. The second-order valence-corrected chi connectivity index (χ2v) is 6.50. The van der Waals surface area contributed by atoms with E-state index < -0.39 is 0 Å². The Labute approximate surface area is 144 Å². The van der Waals surface area contributed by atoms with E-state index in [9.17, 15) is 4.79 Å². The number of fused-ring (bicyclic) bond motifs is 2. The Hall–Kier alpha value is -3.14. The van der Waals surface area contributed by atoms with Crippen LogP contribution < -0.4 is 5.56 Å². The molecule has 0 spiro atoms. The summed E-state index contributed by atoms with van der Waals surface area (Å²) in [6.45, 7) is 0. The van der Waals surface area contributed by atoms with Crippen LogP contribution in [-0.2, 0) is 12.8 Å². The lowest BCUT2D eigenvalue weighted by atomic mass is 10.0. The molecule has 1 aliphatic rings. The molecule has 5 rings (SSSR count). The lowest BCUT2D eigenvalue weighted by Gasteiger charge is -2.03. The monoisotopic (exact) mass is 327 g/mol. The Morgan fingerprint density at radius 1 is 0.880 bits per heavy atom. The number of hydrogen-bond acceptors (Lipinski definition) is 2. The van der Waals surface area contributed by atoms with E-state index in [-0.39, 0.29) is 5.56 Å². The lowest BCUT2D eigenvalue weighted by molar-refractivity contribution is 0.873. The van der Waals surface area contributed by atoms with E-state index in [4.69, 9.17) is 0 Å². The Bertz CT molecular complexity index is 1120. The van der Waals surface area contributed by atoms with Crippen LogP contribution in [0, 0.1) is 0 Å². The Balaban J connectivity index is 1.57. The molecule has 0 fully saturated rings. The van der Waals surface area contributed by atoms with E-state index in [2.05, 4.69) is 46.5 Å². The molecule has 0 amide bonds. The van der Waals surface area contributed by atoms with Crippen LogP contribution in [-0.4, -0.2) is 14.6 Å². The zero-order valence-electron chi connectivity index (χ0n) is 13.7. The normalized spacial score (nSPS) is 13.3. The minimum Gasteiger partial charge on any atom is -0.289 e. The van der Waals surface area contributed by atoms with Gasteiger partial charge in [-0.3, -0.25) is 9.89 Å². The summed E-state index contributed by atoms with van der Waals surface area (Å²) in [4.78, 5) is 17.3. The van der Waals surface area contributed by atoms with Crippen molar-refractivity contribution in [1.29, 1.82) is 0 Å². The molecule has 0 saturated heterocycles. The number of H-pyrrole nitrogens is 1. The number of nitrogens with zero attached hydrogens (tertiary/aromatic N) is 2. The first-order valence-electron chi connectivity index (χ1n) is 8.59. The molecule has 0 atom stereocenters. The topological polar surface area (TPSA) is 50.2 Å². The highest BCUT2D eigenvalue weighted by molar-refractivity contribution is 5.70. The number of rotatable bonds is 2. The molecule has 0 saturated carbocycles. The molecule has 122 valence electrons. The zero-order chi connectivity index (χ0) is 16.8. The standard InChI is InChI=1S/C21H17N3O/c25-21-17-7-4-8-18(17)22-20-13-19(23-24(20)21)16-11-9-15(10-12-16)14-5-2-1-3-6-14/h1-3,5-6,9-13,23H,4,7-8H2. The highest BCUT2D eigenvalue weighted by Gasteiger charge is 2.19. The summed E-state index contributed by atoms with van der Waals surface area (Å²) in [5.41, 5.74) is 6.91. The first-order chi connectivity index (χ1) is 12.3. The average Bonchev–Trinajstić information content (AvgIpc) is 3.30. The van der Waals surface area contributed by atoms with Crippen LogP contribution in [0.15, 0.2) is 65.5 Å². The van der Waals surface area contributed by atoms with Crippen LogP contribution in [0.25, 0.3) is 28.0 Å². The number of aromatic amines is 1. The maximum atomic E-state index is 12.6. The predicted octanol–water partition coefficient (Wildman–Crippen LogP) is 3.85. The fraction of sp³-hybridized carbons (Fsp3) is 0.143. The SMILES string of the molecule is O=c1c2c(nc3cc(-c4ccc(-c5ccccc5)cc4)[nH]n13)CCC2. The van der Waals surface area contributed by atoms with Crippen molar-refractivity contribution in [2.45, 2.75) is 19.3 Å². The number of aromatic nitrogens is 3. The van der Waals surface area contributed by atoms with E-state index in [1.165, 1.54) is 11.1 Å². The van der Waals surface area contributed by atoms with E-state index in [1.54, 1.807) is 4.52 Å². The van der Waals surface area contributed by atoms with Gasteiger partial charge in [0.25, 0.3) is 5.56 Å². The van der Waals surface area contributed by atoms with Crippen molar-refractivity contribution in [3.05, 3.63) is 82.3 Å². The molecule has 2 heterocycles. The van der Waals surface area contributed by atoms with Crippen molar-refractivity contribution >= 4 is 5.65 Å². The molecular weight excluding hydrogens is 310 g/mol. The van der Waals surface area contributed by atoms with Crippen LogP contribution in [0.1, 0.15) is 17.7 Å². The van der Waals surface area contributed by atoms with Crippen molar-refractivity contribution < 1.29 is 0 Å². The highest BCUT2D eigenvalue weighted by atomic mass is 16.1. The first-order valence-corrected chi connectivity index (χ1v) is 8.59. The average molecular weight is 327 g/mol. The predicted molar refractivity (Wildman–Crippen MR) is 98.7 cm³/mol. The van der Waals surface area contributed by atoms with E-state index in [0.717, 1.165) is 41.8 Å². The second-order valence-electron chi connectivity index (χ2n) is 6.50. The third kappa shape index (κ3) is 2.30. The lowest BCUT2D eigenvalue weighted by Crippen LogP contribution is -2.19. The molecule has 1 aliphatic carbocycles. The molecule has 2 aromatic heterocycles. The number of nitrogens with one attached hydrogen (secondary N) is 1. The maximum absolute atomic E-state index is 12.6. The zero-order valence-corrected chi connectivity index (χ0v) is 13.7. The molecule has 0 radical (unpaired) electrons. The van der Waals surface area contributed by atoms with E-state index in [0.29, 0.717) is 5.65 Å². The Morgan fingerprint density at radius 3 is 2.40 bits per heavy atom. The summed E-state index contributed by atoms with van der Waals surface area (Å²) in [5.74, 6) is 0. The first kappa shape index (κ1) is 14.2. The van der Waals surface area contributed by atoms with Crippen LogP contribution in [0.5, 0.6) is 0 Å². The van der Waals surface area contributed by atoms with Crippen molar-refractivity contribution in [1.82, 2.24) is 14.6 Å². The van der Waals surface area contributed by atoms with Gasteiger partial charge in [0.15, 0.2) is 5.65 Å². The molecule has 25 heavy (non-hydrogen) atoms. The molecule has 4 nitrogen and oxygen atoms in total. The largest absolute Gasteiger partial charge is 0.289 e. The molecule has 0 unspecified atom stereocenters. The van der Waals surface area contributed by atoms with Gasteiger partial charge in [-0.25, -0.2) is 9.50 Å². The van der Waals surface area contributed by atoms with Crippen LogP contribution in [0.4, 0.5) is 0 Å². The summed E-state index contributed by atoms with van der Waals surface area (Å²) < 4.78 is 1.57. The molecule has 4 aromatic rings. The number of benzene rings is 2. The van der Waals surface area contributed by atoms with Crippen molar-refractivity contribution in [2.24, 2.45) is 0 Å². The smallest absolute Gasteiger partial charge is 0.276 e. The summed E-state index contributed by atoms with van der Waals surface area (Å²) in [5, 5.41) is 3.21. The van der Waals surface area contributed by atoms with Gasteiger partial charge in [-0.05, 0) is 36.0 Å². The quantitative estimate of drug-likeness (QED) is 0.608. The minimum atomic E-state index is 0.0460. The summed E-state index contributed by atoms with van der Waals surface area (Å²) in [7, 11) is 0. The Morgan fingerprint density at radius 2 is 1.60 bits per heavy atom. The number of hydrogen-bond donors (Lipinski definition) is 1. The Kier molecular flexibility index (Phi) is 3.10. The van der Waals surface area contributed by atoms with Crippen molar-refractivity contribution in [3.63, 3.8) is 0 Å². The van der Waals surface area contributed by atoms with Crippen molar-refractivity contribution in [3.8, 4) is 22.4 Å². The minimum absolute atomic E-state index is 0.0460. The summed E-state index contributed by atoms with van der Waals surface area (Å²) in [6, 6.07) is 20.6. The van der Waals surface area contributed by atoms with Crippen LogP contribution >= 0.6 is 0 Å². The molecule has 1 N–H and O–H groups in total.